The Hall–Kier alpha value is -0.930. The van der Waals surface area contributed by atoms with Crippen LogP contribution in [0.1, 0.15) is 18.4 Å². The van der Waals surface area contributed by atoms with Gasteiger partial charge in [-0.2, -0.15) is 0 Å². The molecule has 1 fully saturated rings. The topological polar surface area (TPSA) is 29.5 Å². The van der Waals surface area contributed by atoms with Crippen LogP contribution in [0.25, 0.3) is 0 Å². The van der Waals surface area contributed by atoms with Crippen LogP contribution in [0, 0.1) is 11.7 Å². The van der Waals surface area contributed by atoms with Crippen LogP contribution in [-0.2, 0) is 10.3 Å². The lowest BCUT2D eigenvalue weighted by Crippen LogP contribution is -2.34. The van der Waals surface area contributed by atoms with E-state index in [1.54, 1.807) is 18.2 Å². The molecule has 0 bridgehead atoms. The van der Waals surface area contributed by atoms with Crippen LogP contribution in [-0.4, -0.2) is 18.8 Å². The van der Waals surface area contributed by atoms with E-state index in [-0.39, 0.29) is 18.3 Å². The first-order valence-electron chi connectivity index (χ1n) is 5.15. The number of rotatable bonds is 4. The summed E-state index contributed by atoms with van der Waals surface area (Å²) in [5.41, 5.74) is -0.797. The molecular formula is C12H15FO2. The molecule has 1 saturated carbocycles. The van der Waals surface area contributed by atoms with E-state index in [0.717, 1.165) is 12.8 Å². The molecule has 1 aliphatic rings. The summed E-state index contributed by atoms with van der Waals surface area (Å²) in [7, 11) is 1.52. The molecule has 0 aliphatic heterocycles. The molecule has 3 heteroatoms. The SMILES string of the molecule is COCC(O)(c1ccccc1F)C1CC1. The molecule has 2 rings (SSSR count). The Morgan fingerprint density at radius 3 is 2.67 bits per heavy atom. The highest BCUT2D eigenvalue weighted by atomic mass is 19.1. The van der Waals surface area contributed by atoms with E-state index in [9.17, 15) is 9.50 Å². The monoisotopic (exact) mass is 210 g/mol. The van der Waals surface area contributed by atoms with Crippen molar-refractivity contribution in [2.45, 2.75) is 18.4 Å². The summed E-state index contributed by atoms with van der Waals surface area (Å²) in [5.74, 6) is -0.224. The van der Waals surface area contributed by atoms with Gasteiger partial charge in [0.05, 0.1) is 6.61 Å². The molecule has 2 nitrogen and oxygen atoms in total. The highest BCUT2D eigenvalue weighted by Crippen LogP contribution is 2.46. The Morgan fingerprint density at radius 2 is 2.13 bits per heavy atom. The van der Waals surface area contributed by atoms with Crippen LogP contribution in [0.2, 0.25) is 0 Å². The molecular weight excluding hydrogens is 195 g/mol. The summed E-state index contributed by atoms with van der Waals surface area (Å²) in [4.78, 5) is 0. The Labute approximate surface area is 88.7 Å². The van der Waals surface area contributed by atoms with Crippen LogP contribution >= 0.6 is 0 Å². The predicted octanol–water partition coefficient (Wildman–Crippen LogP) is 2.07. The van der Waals surface area contributed by atoms with Gasteiger partial charge in [0.15, 0.2) is 0 Å². The van der Waals surface area contributed by atoms with Gasteiger partial charge in [-0.3, -0.25) is 0 Å². The highest BCUT2D eigenvalue weighted by molar-refractivity contribution is 5.26. The number of aliphatic hydroxyl groups is 1. The number of ether oxygens (including phenoxy) is 1. The van der Waals surface area contributed by atoms with E-state index in [0.29, 0.717) is 5.56 Å². The van der Waals surface area contributed by atoms with Gasteiger partial charge in [-0.05, 0) is 24.8 Å². The molecule has 1 unspecified atom stereocenters. The van der Waals surface area contributed by atoms with Crippen molar-refractivity contribution in [3.05, 3.63) is 35.6 Å². The van der Waals surface area contributed by atoms with Crippen molar-refractivity contribution < 1.29 is 14.2 Å². The minimum absolute atomic E-state index is 0.134. The fraction of sp³-hybridized carbons (Fsp3) is 0.500. The summed E-state index contributed by atoms with van der Waals surface area (Å²) in [6.07, 6.45) is 1.88. The second-order valence-electron chi connectivity index (χ2n) is 4.11. The second-order valence-corrected chi connectivity index (χ2v) is 4.11. The molecule has 0 amide bonds. The molecule has 0 radical (unpaired) electrons. The number of methoxy groups -OCH3 is 1. The molecule has 0 spiro atoms. The van der Waals surface area contributed by atoms with Crippen LogP contribution in [0.15, 0.2) is 24.3 Å². The van der Waals surface area contributed by atoms with Crippen molar-refractivity contribution in [2.24, 2.45) is 5.92 Å². The fourth-order valence-corrected chi connectivity index (χ4v) is 2.01. The molecule has 15 heavy (non-hydrogen) atoms. The average Bonchev–Trinajstić information content (AvgIpc) is 3.02. The first-order valence-corrected chi connectivity index (χ1v) is 5.15. The van der Waals surface area contributed by atoms with Gasteiger partial charge in [0, 0.05) is 12.7 Å². The lowest BCUT2D eigenvalue weighted by atomic mass is 9.89. The molecule has 1 N–H and O–H groups in total. The van der Waals surface area contributed by atoms with Gasteiger partial charge in [-0.15, -0.1) is 0 Å². The first-order chi connectivity index (χ1) is 7.18. The van der Waals surface area contributed by atoms with Crippen molar-refractivity contribution in [3.63, 3.8) is 0 Å². The molecule has 0 saturated heterocycles. The molecule has 0 heterocycles. The molecule has 1 aromatic carbocycles. The molecule has 1 aliphatic carbocycles. The zero-order valence-electron chi connectivity index (χ0n) is 8.74. The van der Waals surface area contributed by atoms with Gasteiger partial charge in [0.2, 0.25) is 0 Å². The van der Waals surface area contributed by atoms with Gasteiger partial charge in [0.25, 0.3) is 0 Å². The number of benzene rings is 1. The van der Waals surface area contributed by atoms with Gasteiger partial charge < -0.3 is 9.84 Å². The lowest BCUT2D eigenvalue weighted by Gasteiger charge is -2.28. The Balaban J connectivity index is 2.35. The smallest absolute Gasteiger partial charge is 0.129 e. The van der Waals surface area contributed by atoms with Crippen LogP contribution < -0.4 is 0 Å². The van der Waals surface area contributed by atoms with E-state index in [1.807, 2.05) is 0 Å². The summed E-state index contributed by atoms with van der Waals surface area (Å²) in [5, 5.41) is 10.4. The largest absolute Gasteiger partial charge is 0.382 e. The van der Waals surface area contributed by atoms with E-state index in [4.69, 9.17) is 4.74 Å². The van der Waals surface area contributed by atoms with Gasteiger partial charge in [-0.1, -0.05) is 18.2 Å². The van der Waals surface area contributed by atoms with E-state index in [2.05, 4.69) is 0 Å². The number of hydrogen-bond donors (Lipinski definition) is 1. The third-order valence-corrected chi connectivity index (χ3v) is 2.96. The van der Waals surface area contributed by atoms with E-state index < -0.39 is 5.60 Å². The number of hydrogen-bond acceptors (Lipinski definition) is 2. The van der Waals surface area contributed by atoms with Gasteiger partial charge in [-0.25, -0.2) is 4.39 Å². The van der Waals surface area contributed by atoms with Crippen molar-refractivity contribution in [3.8, 4) is 0 Å². The summed E-state index contributed by atoms with van der Waals surface area (Å²) in [6, 6.07) is 6.37. The zero-order chi connectivity index (χ0) is 10.9. The van der Waals surface area contributed by atoms with Gasteiger partial charge >= 0.3 is 0 Å². The third kappa shape index (κ3) is 1.90. The quantitative estimate of drug-likeness (QED) is 0.824. The maximum Gasteiger partial charge on any atom is 0.129 e. The van der Waals surface area contributed by atoms with Crippen molar-refractivity contribution in [1.82, 2.24) is 0 Å². The summed E-state index contributed by atoms with van der Waals surface area (Å²) >= 11 is 0. The second kappa shape index (κ2) is 3.91. The van der Waals surface area contributed by atoms with Gasteiger partial charge in [0.1, 0.15) is 11.4 Å². The maximum atomic E-state index is 13.6. The Kier molecular flexibility index (Phi) is 2.76. The molecule has 0 aromatic heterocycles. The van der Waals surface area contributed by atoms with Crippen LogP contribution in [0.5, 0.6) is 0 Å². The molecule has 1 atom stereocenters. The summed E-state index contributed by atoms with van der Waals surface area (Å²) < 4.78 is 18.6. The highest BCUT2D eigenvalue weighted by Gasteiger charge is 2.46. The third-order valence-electron chi connectivity index (χ3n) is 2.96. The van der Waals surface area contributed by atoms with Crippen molar-refractivity contribution in [2.75, 3.05) is 13.7 Å². The zero-order valence-corrected chi connectivity index (χ0v) is 8.74. The maximum absolute atomic E-state index is 13.6. The van der Waals surface area contributed by atoms with E-state index in [1.165, 1.54) is 13.2 Å². The summed E-state index contributed by atoms with van der Waals surface area (Å²) in [6.45, 7) is 0.151. The van der Waals surface area contributed by atoms with Crippen LogP contribution in [0.4, 0.5) is 4.39 Å². The molecule has 82 valence electrons. The Bertz CT molecular complexity index is 349. The normalized spacial score (nSPS) is 19.9. The predicted molar refractivity (Wildman–Crippen MR) is 54.9 cm³/mol. The fourth-order valence-electron chi connectivity index (χ4n) is 2.01. The van der Waals surface area contributed by atoms with Crippen molar-refractivity contribution in [1.29, 1.82) is 0 Å². The minimum atomic E-state index is -1.15. The minimum Gasteiger partial charge on any atom is -0.382 e. The molecule has 1 aromatic rings. The Morgan fingerprint density at radius 1 is 1.47 bits per heavy atom. The van der Waals surface area contributed by atoms with Crippen LogP contribution in [0.3, 0.4) is 0 Å². The average molecular weight is 210 g/mol. The van der Waals surface area contributed by atoms with E-state index >= 15 is 0 Å². The number of halogens is 1. The van der Waals surface area contributed by atoms with Crippen molar-refractivity contribution >= 4 is 0 Å². The lowest BCUT2D eigenvalue weighted by molar-refractivity contribution is -0.0555. The standard InChI is InChI=1S/C12H15FO2/c1-15-8-12(14,9-6-7-9)10-4-2-3-5-11(10)13/h2-5,9,14H,6-8H2,1H3. The first kappa shape index (κ1) is 10.6.